The summed E-state index contributed by atoms with van der Waals surface area (Å²) in [6, 6.07) is 0. The fraction of sp³-hybridized carbons (Fsp3) is 1.00. The monoisotopic (exact) mass is 304 g/mol. The van der Waals surface area contributed by atoms with Crippen LogP contribution >= 0.6 is 23.2 Å². The quantitative estimate of drug-likeness (QED) is 0.270. The fourth-order valence-corrected chi connectivity index (χ4v) is 4.21. The molecule has 0 aromatic heterocycles. The fourth-order valence-electron chi connectivity index (χ4n) is 1.74. The van der Waals surface area contributed by atoms with Crippen molar-refractivity contribution >= 4 is 28.7 Å². The highest BCUT2D eigenvalue weighted by atomic mass is 32.2. The van der Waals surface area contributed by atoms with Crippen molar-refractivity contribution in [1.29, 1.82) is 0 Å². The van der Waals surface area contributed by atoms with Crippen LogP contribution in [0.5, 0.6) is 0 Å². The molecule has 0 amide bonds. The van der Waals surface area contributed by atoms with Crippen LogP contribution in [-0.2, 0) is 4.65 Å². The summed E-state index contributed by atoms with van der Waals surface area (Å²) in [5.41, 5.74) is 0.380. The van der Waals surface area contributed by atoms with Crippen LogP contribution in [0.4, 0.5) is 0 Å². The van der Waals surface area contributed by atoms with E-state index in [1.807, 2.05) is 23.2 Å². The minimum Gasteiger partial charge on any atom is -0.417 e. The summed E-state index contributed by atoms with van der Waals surface area (Å²) in [4.78, 5) is 0. The van der Waals surface area contributed by atoms with Gasteiger partial charge >= 0.3 is 5.47 Å². The highest BCUT2D eigenvalue weighted by Crippen LogP contribution is 2.23. The largest absolute Gasteiger partial charge is 0.432 e. The van der Waals surface area contributed by atoms with Gasteiger partial charge < -0.3 is 4.65 Å². The highest BCUT2D eigenvalue weighted by molar-refractivity contribution is 8.53. The Morgan fingerprint density at radius 3 is 1.63 bits per heavy atom. The van der Waals surface area contributed by atoms with E-state index < -0.39 is 0 Å². The van der Waals surface area contributed by atoms with Crippen LogP contribution in [0.25, 0.3) is 0 Å². The van der Waals surface area contributed by atoms with Crippen molar-refractivity contribution in [2.75, 3.05) is 18.1 Å². The topological polar surface area (TPSA) is 9.23 Å². The van der Waals surface area contributed by atoms with Gasteiger partial charge in [-0.2, -0.15) is 23.2 Å². The molecule has 0 N–H and O–H groups in total. The summed E-state index contributed by atoms with van der Waals surface area (Å²) in [6.07, 6.45) is 11.8. The molecule has 0 aliphatic carbocycles. The molecule has 0 saturated heterocycles. The summed E-state index contributed by atoms with van der Waals surface area (Å²) >= 11 is 4.04. The Kier molecular flexibility index (Phi) is 17.4. The van der Waals surface area contributed by atoms with E-state index in [1.165, 1.54) is 69.3 Å². The minimum absolute atomic E-state index is 0.380. The van der Waals surface area contributed by atoms with Gasteiger partial charge in [-0.3, -0.25) is 0 Å². The number of hydrogen-bond acceptors (Lipinski definition) is 3. The van der Waals surface area contributed by atoms with Gasteiger partial charge in [-0.1, -0.05) is 59.3 Å². The second-order valence-electron chi connectivity index (χ2n) is 5.02. The van der Waals surface area contributed by atoms with Crippen molar-refractivity contribution in [3.8, 4) is 0 Å². The molecule has 0 aliphatic heterocycles. The predicted octanol–water partition coefficient (Wildman–Crippen LogP) is 6.02. The third-order valence-corrected chi connectivity index (χ3v) is 5.69. The standard InChI is InChI=1S/C15H33BOS2/c1-4-7-10-13-17-16(18-14-11-8-5-2)19-15-12-9-6-3/h4-15H2,1-3H3. The molecule has 0 bridgehead atoms. The van der Waals surface area contributed by atoms with E-state index in [0.717, 1.165) is 6.61 Å². The summed E-state index contributed by atoms with van der Waals surface area (Å²) in [6.45, 7) is 7.72. The zero-order valence-corrected chi connectivity index (χ0v) is 14.9. The van der Waals surface area contributed by atoms with Crippen LogP contribution in [0.2, 0.25) is 0 Å². The van der Waals surface area contributed by atoms with Crippen LogP contribution in [-0.4, -0.2) is 23.6 Å². The normalized spacial score (nSPS) is 10.9. The number of unbranched alkanes of at least 4 members (excludes halogenated alkanes) is 6. The molecule has 0 aliphatic rings. The molecule has 0 aromatic carbocycles. The van der Waals surface area contributed by atoms with Crippen molar-refractivity contribution < 1.29 is 4.65 Å². The Hall–Kier alpha value is 0.725. The SMILES string of the molecule is CCCCCOB(SCCCCC)SCCCCC. The van der Waals surface area contributed by atoms with Gasteiger partial charge in [0.2, 0.25) is 0 Å². The lowest BCUT2D eigenvalue weighted by Gasteiger charge is -2.13. The van der Waals surface area contributed by atoms with Gasteiger partial charge in [0.15, 0.2) is 0 Å². The van der Waals surface area contributed by atoms with E-state index in [-0.39, 0.29) is 0 Å². The molecule has 0 spiro atoms. The molecule has 0 fully saturated rings. The first-order valence-electron chi connectivity index (χ1n) is 8.19. The van der Waals surface area contributed by atoms with Crippen LogP contribution in [0.3, 0.4) is 0 Å². The van der Waals surface area contributed by atoms with Crippen LogP contribution in [0.1, 0.15) is 78.6 Å². The summed E-state index contributed by atoms with van der Waals surface area (Å²) < 4.78 is 6.03. The van der Waals surface area contributed by atoms with Gasteiger partial charge in [-0.05, 0) is 30.8 Å². The van der Waals surface area contributed by atoms with Crippen molar-refractivity contribution in [1.82, 2.24) is 0 Å². The molecular formula is C15H33BOS2. The predicted molar refractivity (Wildman–Crippen MR) is 95.2 cm³/mol. The Morgan fingerprint density at radius 2 is 1.16 bits per heavy atom. The average molecular weight is 304 g/mol. The van der Waals surface area contributed by atoms with Gasteiger partial charge in [0.05, 0.1) is 0 Å². The first-order chi connectivity index (χ1) is 9.35. The molecule has 4 heteroatoms. The molecule has 0 radical (unpaired) electrons. The smallest absolute Gasteiger partial charge is 0.417 e. The van der Waals surface area contributed by atoms with Gasteiger partial charge in [0, 0.05) is 6.61 Å². The van der Waals surface area contributed by atoms with E-state index in [4.69, 9.17) is 4.65 Å². The van der Waals surface area contributed by atoms with Gasteiger partial charge in [-0.25, -0.2) is 0 Å². The lowest BCUT2D eigenvalue weighted by atomic mass is 10.3. The average Bonchev–Trinajstić information content (AvgIpc) is 2.43. The lowest BCUT2D eigenvalue weighted by Crippen LogP contribution is -2.13. The van der Waals surface area contributed by atoms with E-state index in [1.54, 1.807) is 0 Å². The maximum Gasteiger partial charge on any atom is 0.432 e. The molecule has 0 heterocycles. The Bertz CT molecular complexity index is 142. The first kappa shape index (κ1) is 19.7. The van der Waals surface area contributed by atoms with Crippen molar-refractivity contribution in [3.05, 3.63) is 0 Å². The van der Waals surface area contributed by atoms with Gasteiger partial charge in [0.25, 0.3) is 0 Å². The molecule has 0 rings (SSSR count). The second-order valence-corrected chi connectivity index (χ2v) is 7.66. The van der Waals surface area contributed by atoms with Crippen LogP contribution in [0, 0.1) is 0 Å². The third-order valence-electron chi connectivity index (χ3n) is 3.01. The van der Waals surface area contributed by atoms with Crippen molar-refractivity contribution in [3.63, 3.8) is 0 Å². The van der Waals surface area contributed by atoms with Crippen molar-refractivity contribution in [2.45, 2.75) is 78.6 Å². The maximum atomic E-state index is 6.03. The van der Waals surface area contributed by atoms with Crippen LogP contribution in [0.15, 0.2) is 0 Å². The molecule has 0 unspecified atom stereocenters. The van der Waals surface area contributed by atoms with Gasteiger partial charge in [0.1, 0.15) is 0 Å². The Labute approximate surface area is 130 Å². The van der Waals surface area contributed by atoms with E-state index >= 15 is 0 Å². The maximum absolute atomic E-state index is 6.03. The van der Waals surface area contributed by atoms with Crippen molar-refractivity contribution in [2.24, 2.45) is 0 Å². The minimum atomic E-state index is 0.380. The zero-order chi connectivity index (χ0) is 14.2. The van der Waals surface area contributed by atoms with Crippen LogP contribution < -0.4 is 0 Å². The zero-order valence-electron chi connectivity index (χ0n) is 13.3. The molecule has 1 nitrogen and oxygen atoms in total. The van der Waals surface area contributed by atoms with E-state index in [0.29, 0.717) is 5.47 Å². The third kappa shape index (κ3) is 14.9. The molecule has 19 heavy (non-hydrogen) atoms. The highest BCUT2D eigenvalue weighted by Gasteiger charge is 2.16. The number of hydrogen-bond donors (Lipinski definition) is 0. The molecule has 0 aromatic rings. The molecule has 0 saturated carbocycles. The number of rotatable bonds is 15. The Morgan fingerprint density at radius 1 is 0.684 bits per heavy atom. The second kappa shape index (κ2) is 16.8. The lowest BCUT2D eigenvalue weighted by molar-refractivity contribution is 0.328. The summed E-state index contributed by atoms with van der Waals surface area (Å²) in [5.74, 6) is 2.51. The van der Waals surface area contributed by atoms with E-state index in [9.17, 15) is 0 Å². The molecular weight excluding hydrogens is 271 g/mol. The van der Waals surface area contributed by atoms with E-state index in [2.05, 4.69) is 20.8 Å². The first-order valence-corrected chi connectivity index (χ1v) is 10.3. The molecule has 0 atom stereocenters. The summed E-state index contributed by atoms with van der Waals surface area (Å²) in [7, 11) is 0. The Balaban J connectivity index is 3.66. The van der Waals surface area contributed by atoms with Gasteiger partial charge in [-0.15, -0.1) is 0 Å². The molecule has 114 valence electrons. The summed E-state index contributed by atoms with van der Waals surface area (Å²) in [5, 5.41) is 0.